The Hall–Kier alpha value is -1.79. The van der Waals surface area contributed by atoms with Crippen LogP contribution in [0.5, 0.6) is 0 Å². The molecule has 3 nitrogen and oxygen atoms in total. The molecule has 0 unspecified atom stereocenters. The number of aromatic nitrogens is 3. The molecule has 15 heavy (non-hydrogen) atoms. The third-order valence-corrected chi connectivity index (χ3v) is 1.94. The van der Waals surface area contributed by atoms with E-state index in [1.165, 1.54) is 12.3 Å². The van der Waals surface area contributed by atoms with Crippen LogP contribution < -0.4 is 5.46 Å². The summed E-state index contributed by atoms with van der Waals surface area (Å²) in [4.78, 5) is 3.83. The van der Waals surface area contributed by atoms with Crippen LogP contribution in [0.25, 0.3) is 11.4 Å². The number of hydrogen-bond acceptors (Lipinski definition) is 2. The van der Waals surface area contributed by atoms with E-state index in [-0.39, 0.29) is 11.4 Å². The van der Waals surface area contributed by atoms with E-state index in [0.29, 0.717) is 0 Å². The van der Waals surface area contributed by atoms with Crippen LogP contribution in [0.15, 0.2) is 30.6 Å². The second-order valence-corrected chi connectivity index (χ2v) is 2.99. The molecule has 0 saturated heterocycles. The minimum absolute atomic E-state index is 0.0805. The minimum Gasteiger partial charge on any atom is -0.445 e. The highest BCUT2D eigenvalue weighted by Gasteiger charge is 2.30. The zero-order chi connectivity index (χ0) is 10.9. The van der Waals surface area contributed by atoms with Gasteiger partial charge in [0.05, 0.1) is 11.4 Å². The van der Waals surface area contributed by atoms with Crippen LogP contribution in [0, 0.1) is 0 Å². The molecule has 1 N–H and O–H groups in total. The fourth-order valence-electron chi connectivity index (χ4n) is 1.26. The highest BCUT2D eigenvalue weighted by atomic mass is 19.4. The fourth-order valence-corrected chi connectivity index (χ4v) is 1.26. The van der Waals surface area contributed by atoms with Gasteiger partial charge in [0.2, 0.25) is 0 Å². The van der Waals surface area contributed by atoms with Gasteiger partial charge in [0.25, 0.3) is 0 Å². The molecular formula is C8H6BF3N3-. The third kappa shape index (κ3) is 1.85. The molecule has 0 aliphatic carbocycles. The molecule has 78 valence electrons. The summed E-state index contributed by atoms with van der Waals surface area (Å²) in [6, 6.07) is 4.76. The summed E-state index contributed by atoms with van der Waals surface area (Å²) >= 11 is 0. The summed E-state index contributed by atoms with van der Waals surface area (Å²) in [5, 5.41) is 5.71. The summed E-state index contributed by atoms with van der Waals surface area (Å²) in [7, 11) is 0. The lowest BCUT2D eigenvalue weighted by Crippen LogP contribution is -2.34. The zero-order valence-electron chi connectivity index (χ0n) is 7.49. The van der Waals surface area contributed by atoms with Crippen molar-refractivity contribution in [2.45, 2.75) is 0 Å². The number of halogens is 3. The molecule has 0 aliphatic heterocycles. The maximum Gasteiger partial charge on any atom is 0.513 e. The summed E-state index contributed by atoms with van der Waals surface area (Å²) < 4.78 is 37.6. The maximum absolute atomic E-state index is 12.5. The van der Waals surface area contributed by atoms with Crippen LogP contribution in [-0.4, -0.2) is 22.2 Å². The first-order valence-electron chi connectivity index (χ1n) is 4.23. The Kier molecular flexibility index (Phi) is 2.22. The molecule has 0 amide bonds. The van der Waals surface area contributed by atoms with Crippen molar-refractivity contribution in [2.75, 3.05) is 0 Å². The molecule has 2 aromatic heterocycles. The van der Waals surface area contributed by atoms with Crippen LogP contribution in [0.2, 0.25) is 0 Å². The average Bonchev–Trinajstić information content (AvgIpc) is 2.67. The van der Waals surface area contributed by atoms with E-state index in [1.807, 2.05) is 0 Å². The minimum atomic E-state index is -5.06. The molecule has 0 aromatic carbocycles. The van der Waals surface area contributed by atoms with Crippen LogP contribution in [0.3, 0.4) is 0 Å². The number of aromatic amines is 1. The number of rotatable bonds is 2. The van der Waals surface area contributed by atoms with E-state index in [0.717, 1.165) is 6.20 Å². The van der Waals surface area contributed by atoms with Gasteiger partial charge in [-0.25, -0.2) is 0 Å². The van der Waals surface area contributed by atoms with Crippen molar-refractivity contribution in [1.82, 2.24) is 15.2 Å². The molecule has 0 atom stereocenters. The summed E-state index contributed by atoms with van der Waals surface area (Å²) in [6.45, 7) is -5.06. The quantitative estimate of drug-likeness (QED) is 0.766. The smallest absolute Gasteiger partial charge is 0.445 e. The Morgan fingerprint density at radius 1 is 1.20 bits per heavy atom. The van der Waals surface area contributed by atoms with Crippen LogP contribution in [0.4, 0.5) is 12.9 Å². The van der Waals surface area contributed by atoms with Crippen LogP contribution in [-0.2, 0) is 0 Å². The summed E-state index contributed by atoms with van der Waals surface area (Å²) in [5.74, 6) is 0. The van der Waals surface area contributed by atoms with E-state index >= 15 is 0 Å². The van der Waals surface area contributed by atoms with E-state index in [2.05, 4.69) is 15.2 Å². The molecule has 7 heteroatoms. The van der Waals surface area contributed by atoms with Gasteiger partial charge in [-0.2, -0.15) is 5.10 Å². The van der Waals surface area contributed by atoms with E-state index in [9.17, 15) is 12.9 Å². The largest absolute Gasteiger partial charge is 0.513 e. The first kappa shape index (κ1) is 9.76. The second kappa shape index (κ2) is 3.41. The van der Waals surface area contributed by atoms with Gasteiger partial charge in [-0.15, -0.1) is 0 Å². The van der Waals surface area contributed by atoms with Gasteiger partial charge >= 0.3 is 6.98 Å². The van der Waals surface area contributed by atoms with Gasteiger partial charge < -0.3 is 12.9 Å². The standard InChI is InChI=1S/C8H6BF3N3/c10-9(11,12)6-5-14-15-8(6)7-3-1-2-4-13-7/h1-5H,(H,14,15)/q-1. The van der Waals surface area contributed by atoms with Crippen molar-refractivity contribution in [1.29, 1.82) is 0 Å². The molecule has 0 radical (unpaired) electrons. The first-order valence-corrected chi connectivity index (χ1v) is 4.23. The lowest BCUT2D eigenvalue weighted by molar-refractivity contribution is 0.501. The number of nitrogens with zero attached hydrogens (tertiary/aromatic N) is 2. The molecule has 0 spiro atoms. The predicted octanol–water partition coefficient (Wildman–Crippen LogP) is 1.53. The molecule has 0 aliphatic rings. The van der Waals surface area contributed by atoms with Crippen LogP contribution >= 0.6 is 0 Å². The van der Waals surface area contributed by atoms with Crippen molar-refractivity contribution < 1.29 is 12.9 Å². The third-order valence-electron chi connectivity index (χ3n) is 1.94. The van der Waals surface area contributed by atoms with E-state index in [1.54, 1.807) is 12.1 Å². The van der Waals surface area contributed by atoms with Crippen molar-refractivity contribution >= 4 is 12.4 Å². The Labute approximate surface area is 83.4 Å². The highest BCUT2D eigenvalue weighted by molar-refractivity contribution is 6.74. The Balaban J connectivity index is 2.51. The number of hydrogen-bond donors (Lipinski definition) is 1. The van der Waals surface area contributed by atoms with Gasteiger partial charge in [0, 0.05) is 12.4 Å². The zero-order valence-corrected chi connectivity index (χ0v) is 7.49. The van der Waals surface area contributed by atoms with Gasteiger partial charge in [-0.05, 0) is 12.1 Å². The Bertz CT molecular complexity index is 452. The maximum atomic E-state index is 12.5. The molecule has 0 fully saturated rings. The molecular weight excluding hydrogens is 206 g/mol. The van der Waals surface area contributed by atoms with Gasteiger partial charge in [-0.3, -0.25) is 10.1 Å². The van der Waals surface area contributed by atoms with E-state index in [4.69, 9.17) is 0 Å². The van der Waals surface area contributed by atoms with Crippen molar-refractivity contribution in [3.05, 3.63) is 30.6 Å². The molecule has 2 heterocycles. The van der Waals surface area contributed by atoms with Crippen molar-refractivity contribution in [3.63, 3.8) is 0 Å². The molecule has 2 rings (SSSR count). The van der Waals surface area contributed by atoms with Crippen LogP contribution in [0.1, 0.15) is 0 Å². The highest BCUT2D eigenvalue weighted by Crippen LogP contribution is 2.17. The number of pyridine rings is 1. The molecule has 0 saturated carbocycles. The SMILES string of the molecule is F[B-](F)(F)c1cn[nH]c1-c1ccccn1. The van der Waals surface area contributed by atoms with Crippen molar-refractivity contribution in [3.8, 4) is 11.4 Å². The Morgan fingerprint density at radius 2 is 2.00 bits per heavy atom. The van der Waals surface area contributed by atoms with Gasteiger partial charge in [-0.1, -0.05) is 11.5 Å². The van der Waals surface area contributed by atoms with E-state index < -0.39 is 12.4 Å². The molecule has 0 bridgehead atoms. The lowest BCUT2D eigenvalue weighted by Gasteiger charge is -2.13. The predicted molar refractivity (Wildman–Crippen MR) is 50.5 cm³/mol. The summed E-state index contributed by atoms with van der Waals surface area (Å²) in [5.41, 5.74) is -0.582. The number of H-pyrrole nitrogens is 1. The Morgan fingerprint density at radius 3 is 2.60 bits per heavy atom. The van der Waals surface area contributed by atoms with Gasteiger partial charge in [0.1, 0.15) is 0 Å². The normalized spacial score (nSPS) is 11.7. The first-order chi connectivity index (χ1) is 7.09. The summed E-state index contributed by atoms with van der Waals surface area (Å²) in [6.07, 6.45) is 2.22. The fraction of sp³-hybridized carbons (Fsp3) is 0. The topological polar surface area (TPSA) is 41.6 Å². The monoisotopic (exact) mass is 212 g/mol. The number of nitrogens with one attached hydrogen (secondary N) is 1. The molecule has 2 aromatic rings. The lowest BCUT2D eigenvalue weighted by atomic mass is 9.80. The second-order valence-electron chi connectivity index (χ2n) is 2.99. The van der Waals surface area contributed by atoms with Gasteiger partial charge in [0.15, 0.2) is 0 Å². The van der Waals surface area contributed by atoms with Crippen molar-refractivity contribution in [2.24, 2.45) is 0 Å². The average molecular weight is 212 g/mol.